The first-order valence-corrected chi connectivity index (χ1v) is 7.43. The van der Waals surface area contributed by atoms with Gasteiger partial charge in [-0.3, -0.25) is 4.79 Å². The third-order valence-electron chi connectivity index (χ3n) is 4.25. The summed E-state index contributed by atoms with van der Waals surface area (Å²) in [5.74, 6) is 0.379. The molecule has 0 aromatic rings. The number of rotatable bonds is 7. The predicted molar refractivity (Wildman–Crippen MR) is 72.7 cm³/mol. The van der Waals surface area contributed by atoms with Crippen LogP contribution in [0.3, 0.4) is 0 Å². The van der Waals surface area contributed by atoms with Gasteiger partial charge in [0.05, 0.1) is 6.54 Å². The van der Waals surface area contributed by atoms with Crippen molar-refractivity contribution in [1.82, 2.24) is 10.6 Å². The van der Waals surface area contributed by atoms with Crippen molar-refractivity contribution >= 4 is 5.91 Å². The standard InChI is InChI=1S/C14H26N2O3/c1-3-18-12(19-4-2)10-16-13(17)11-9-14(11)5-7-15-8-6-14/h11-12,15H,3-10H2,1-2H3,(H,16,17). The number of amides is 1. The minimum absolute atomic E-state index is 0.173. The molecule has 5 nitrogen and oxygen atoms in total. The quantitative estimate of drug-likeness (QED) is 0.675. The fraction of sp³-hybridized carbons (Fsp3) is 0.929. The van der Waals surface area contributed by atoms with Gasteiger partial charge in [-0.1, -0.05) is 0 Å². The Kier molecular flexibility index (Phi) is 5.19. The van der Waals surface area contributed by atoms with E-state index >= 15 is 0 Å². The highest BCUT2D eigenvalue weighted by Crippen LogP contribution is 2.58. The van der Waals surface area contributed by atoms with Gasteiger partial charge >= 0.3 is 0 Å². The Morgan fingerprint density at radius 1 is 1.32 bits per heavy atom. The van der Waals surface area contributed by atoms with E-state index in [-0.39, 0.29) is 18.1 Å². The molecule has 5 heteroatoms. The van der Waals surface area contributed by atoms with E-state index < -0.39 is 0 Å². The van der Waals surface area contributed by atoms with Gasteiger partial charge in [0.2, 0.25) is 5.91 Å². The summed E-state index contributed by atoms with van der Waals surface area (Å²) < 4.78 is 10.8. The number of nitrogens with one attached hydrogen (secondary N) is 2. The molecule has 1 saturated carbocycles. The number of hydrogen-bond acceptors (Lipinski definition) is 4. The third kappa shape index (κ3) is 3.68. The average Bonchev–Trinajstić information content (AvgIpc) is 3.10. The lowest BCUT2D eigenvalue weighted by molar-refractivity contribution is -0.141. The van der Waals surface area contributed by atoms with Crippen LogP contribution in [0.4, 0.5) is 0 Å². The molecular formula is C14H26N2O3. The summed E-state index contributed by atoms with van der Waals surface area (Å²) in [7, 11) is 0. The molecule has 2 N–H and O–H groups in total. The summed E-state index contributed by atoms with van der Waals surface area (Å²) in [5.41, 5.74) is 0.294. The minimum atomic E-state index is -0.318. The summed E-state index contributed by atoms with van der Waals surface area (Å²) in [4.78, 5) is 12.1. The molecule has 1 aliphatic heterocycles. The van der Waals surface area contributed by atoms with Crippen molar-refractivity contribution < 1.29 is 14.3 Å². The molecule has 1 saturated heterocycles. The lowest BCUT2D eigenvalue weighted by Gasteiger charge is -2.23. The van der Waals surface area contributed by atoms with Gasteiger partial charge in [-0.25, -0.2) is 0 Å². The Labute approximate surface area is 115 Å². The summed E-state index contributed by atoms with van der Waals surface area (Å²) in [6.45, 7) is 7.59. The molecule has 0 radical (unpaired) electrons. The topological polar surface area (TPSA) is 59.6 Å². The molecule has 1 unspecified atom stereocenters. The smallest absolute Gasteiger partial charge is 0.223 e. The van der Waals surface area contributed by atoms with Gasteiger partial charge in [0.1, 0.15) is 0 Å². The van der Waals surface area contributed by atoms with Crippen molar-refractivity contribution in [2.24, 2.45) is 11.3 Å². The van der Waals surface area contributed by atoms with Gasteiger partial charge in [-0.2, -0.15) is 0 Å². The predicted octanol–water partition coefficient (Wildman–Crippen LogP) is 0.891. The lowest BCUT2D eigenvalue weighted by atomic mass is 9.92. The molecule has 2 fully saturated rings. The molecule has 1 atom stereocenters. The first-order valence-electron chi connectivity index (χ1n) is 7.43. The first-order chi connectivity index (χ1) is 9.22. The molecule has 1 amide bonds. The number of ether oxygens (including phenoxy) is 2. The summed E-state index contributed by atoms with van der Waals surface area (Å²) in [5, 5.41) is 6.33. The van der Waals surface area contributed by atoms with Crippen LogP contribution in [0.25, 0.3) is 0 Å². The molecular weight excluding hydrogens is 244 g/mol. The average molecular weight is 270 g/mol. The van der Waals surface area contributed by atoms with Crippen LogP contribution in [0.2, 0.25) is 0 Å². The maximum absolute atomic E-state index is 12.1. The molecule has 0 aromatic heterocycles. The molecule has 0 bridgehead atoms. The fourth-order valence-electron chi connectivity index (χ4n) is 3.04. The van der Waals surface area contributed by atoms with Crippen LogP contribution < -0.4 is 10.6 Å². The van der Waals surface area contributed by atoms with E-state index in [4.69, 9.17) is 9.47 Å². The highest BCUT2D eigenvalue weighted by molar-refractivity contribution is 5.82. The normalized spacial score (nSPS) is 24.7. The second kappa shape index (κ2) is 6.68. The van der Waals surface area contributed by atoms with E-state index in [1.165, 1.54) is 0 Å². The minimum Gasteiger partial charge on any atom is -0.351 e. The van der Waals surface area contributed by atoms with Crippen molar-refractivity contribution in [2.75, 3.05) is 32.8 Å². The summed E-state index contributed by atoms with van der Waals surface area (Å²) in [6, 6.07) is 0. The molecule has 2 rings (SSSR count). The third-order valence-corrected chi connectivity index (χ3v) is 4.25. The van der Waals surface area contributed by atoms with Crippen molar-refractivity contribution in [3.8, 4) is 0 Å². The van der Waals surface area contributed by atoms with E-state index in [1.807, 2.05) is 13.8 Å². The SMILES string of the molecule is CCOC(CNC(=O)C1CC12CCNCC2)OCC. The largest absolute Gasteiger partial charge is 0.351 e. The zero-order valence-electron chi connectivity index (χ0n) is 12.0. The van der Waals surface area contributed by atoms with Gasteiger partial charge in [0.15, 0.2) is 6.29 Å². The van der Waals surface area contributed by atoms with Crippen molar-refractivity contribution in [3.63, 3.8) is 0 Å². The van der Waals surface area contributed by atoms with Crippen LogP contribution in [0, 0.1) is 11.3 Å². The van der Waals surface area contributed by atoms with Crippen LogP contribution >= 0.6 is 0 Å². The van der Waals surface area contributed by atoms with E-state index in [1.54, 1.807) is 0 Å². The first kappa shape index (κ1) is 14.8. The van der Waals surface area contributed by atoms with Crippen LogP contribution in [0.1, 0.15) is 33.1 Å². The van der Waals surface area contributed by atoms with E-state index in [2.05, 4.69) is 10.6 Å². The molecule has 1 spiro atoms. The molecule has 1 heterocycles. The van der Waals surface area contributed by atoms with Crippen molar-refractivity contribution in [1.29, 1.82) is 0 Å². The van der Waals surface area contributed by atoms with E-state index in [9.17, 15) is 4.79 Å². The maximum atomic E-state index is 12.1. The zero-order chi connectivity index (χ0) is 13.7. The van der Waals surface area contributed by atoms with Gasteiger partial charge < -0.3 is 20.1 Å². The Morgan fingerprint density at radius 2 is 1.95 bits per heavy atom. The van der Waals surface area contributed by atoms with Gasteiger partial charge in [-0.05, 0) is 51.6 Å². The molecule has 19 heavy (non-hydrogen) atoms. The summed E-state index contributed by atoms with van der Waals surface area (Å²) in [6.07, 6.45) is 2.99. The maximum Gasteiger partial charge on any atom is 0.223 e. The highest BCUT2D eigenvalue weighted by atomic mass is 16.7. The monoisotopic (exact) mass is 270 g/mol. The van der Waals surface area contributed by atoms with Gasteiger partial charge in [0.25, 0.3) is 0 Å². The van der Waals surface area contributed by atoms with Crippen molar-refractivity contribution in [3.05, 3.63) is 0 Å². The number of carbonyl (C=O) groups is 1. The van der Waals surface area contributed by atoms with Crippen LogP contribution in [0.5, 0.6) is 0 Å². The van der Waals surface area contributed by atoms with E-state index in [0.29, 0.717) is 25.2 Å². The second-order valence-corrected chi connectivity index (χ2v) is 5.45. The number of carbonyl (C=O) groups excluding carboxylic acids is 1. The Bertz CT molecular complexity index is 297. The molecule has 1 aliphatic carbocycles. The summed E-state index contributed by atoms with van der Waals surface area (Å²) >= 11 is 0. The highest BCUT2D eigenvalue weighted by Gasteiger charge is 2.57. The van der Waals surface area contributed by atoms with E-state index in [0.717, 1.165) is 32.4 Å². The van der Waals surface area contributed by atoms with Crippen LogP contribution in [-0.2, 0) is 14.3 Å². The fourth-order valence-corrected chi connectivity index (χ4v) is 3.04. The lowest BCUT2D eigenvalue weighted by Crippen LogP contribution is -2.38. The Balaban J connectivity index is 1.72. The molecule has 110 valence electrons. The van der Waals surface area contributed by atoms with Crippen LogP contribution in [0.15, 0.2) is 0 Å². The second-order valence-electron chi connectivity index (χ2n) is 5.45. The van der Waals surface area contributed by atoms with Crippen LogP contribution in [-0.4, -0.2) is 45.0 Å². The van der Waals surface area contributed by atoms with Gasteiger partial charge in [-0.15, -0.1) is 0 Å². The molecule has 2 aliphatic rings. The zero-order valence-corrected chi connectivity index (χ0v) is 12.0. The van der Waals surface area contributed by atoms with Gasteiger partial charge in [0, 0.05) is 19.1 Å². The number of hydrogen-bond donors (Lipinski definition) is 2. The Morgan fingerprint density at radius 3 is 2.53 bits per heavy atom. The number of piperidine rings is 1. The Hall–Kier alpha value is -0.650. The van der Waals surface area contributed by atoms with Crippen molar-refractivity contribution in [2.45, 2.75) is 39.4 Å². The molecule has 0 aromatic carbocycles.